The highest BCUT2D eigenvalue weighted by atomic mass is 32.2. The number of hydrogen-bond donors (Lipinski definition) is 2. The van der Waals surface area contributed by atoms with Crippen molar-refractivity contribution in [3.63, 3.8) is 0 Å². The molecule has 1 aromatic carbocycles. The number of carbonyl (C=O) groups is 1. The van der Waals surface area contributed by atoms with Gasteiger partial charge < -0.3 is 10.6 Å². The Hall–Kier alpha value is -1.44. The second-order valence-electron chi connectivity index (χ2n) is 6.14. The number of nitrogens with one attached hydrogen (secondary N) is 2. The fraction of sp³-hybridized carbons (Fsp3) is 0.562. The standard InChI is InChI=1S/C16H25N3O3S/c1-12(18-16(20)11-14-5-4-10-17-14)13-6-8-15(9-7-13)23(21,22)19(2)3/h6-9,12,14,17H,4-5,10-11H2,1-3H3,(H,18,20). The molecule has 7 heteroatoms. The molecule has 0 spiro atoms. The Balaban J connectivity index is 1.97. The van der Waals surface area contributed by atoms with Crippen LogP contribution in [-0.2, 0) is 14.8 Å². The number of hydrogen-bond acceptors (Lipinski definition) is 4. The molecule has 0 aromatic heterocycles. The Morgan fingerprint density at radius 1 is 1.35 bits per heavy atom. The molecule has 1 amide bonds. The van der Waals surface area contributed by atoms with Gasteiger partial charge in [0, 0.05) is 26.6 Å². The maximum atomic E-state index is 12.0. The molecular formula is C16H25N3O3S. The predicted molar refractivity (Wildman–Crippen MR) is 89.5 cm³/mol. The van der Waals surface area contributed by atoms with Gasteiger partial charge in [0.05, 0.1) is 10.9 Å². The summed E-state index contributed by atoms with van der Waals surface area (Å²) in [6, 6.07) is 6.76. The molecule has 128 valence electrons. The molecule has 0 bridgehead atoms. The molecule has 0 saturated carbocycles. The number of amides is 1. The summed E-state index contributed by atoms with van der Waals surface area (Å²) >= 11 is 0. The lowest BCUT2D eigenvalue weighted by Gasteiger charge is -2.17. The van der Waals surface area contributed by atoms with Gasteiger partial charge >= 0.3 is 0 Å². The van der Waals surface area contributed by atoms with Crippen LogP contribution in [0.1, 0.15) is 37.8 Å². The van der Waals surface area contributed by atoms with Crippen LogP contribution in [0.15, 0.2) is 29.2 Å². The van der Waals surface area contributed by atoms with E-state index in [4.69, 9.17) is 0 Å². The third-order valence-electron chi connectivity index (χ3n) is 4.13. The zero-order valence-electron chi connectivity index (χ0n) is 13.9. The third kappa shape index (κ3) is 4.53. The normalized spacial score (nSPS) is 19.7. The molecule has 2 atom stereocenters. The minimum atomic E-state index is -3.42. The van der Waals surface area contributed by atoms with Crippen molar-refractivity contribution in [2.24, 2.45) is 0 Å². The molecule has 1 heterocycles. The summed E-state index contributed by atoms with van der Waals surface area (Å²) < 4.78 is 25.2. The Bertz CT molecular complexity index is 635. The molecule has 2 unspecified atom stereocenters. The fourth-order valence-corrected chi connectivity index (χ4v) is 3.58. The van der Waals surface area contributed by atoms with Gasteiger partial charge in [0.2, 0.25) is 15.9 Å². The van der Waals surface area contributed by atoms with Crippen molar-refractivity contribution in [3.8, 4) is 0 Å². The van der Waals surface area contributed by atoms with Crippen LogP contribution >= 0.6 is 0 Å². The van der Waals surface area contributed by atoms with Gasteiger partial charge in [0.25, 0.3) is 0 Å². The van der Waals surface area contributed by atoms with E-state index in [0.29, 0.717) is 6.42 Å². The van der Waals surface area contributed by atoms with E-state index in [9.17, 15) is 13.2 Å². The van der Waals surface area contributed by atoms with E-state index < -0.39 is 10.0 Å². The topological polar surface area (TPSA) is 78.5 Å². The predicted octanol–water partition coefficient (Wildman–Crippen LogP) is 1.26. The van der Waals surface area contributed by atoms with E-state index in [1.54, 1.807) is 24.3 Å². The fourth-order valence-electron chi connectivity index (χ4n) is 2.68. The zero-order chi connectivity index (χ0) is 17.0. The molecule has 1 saturated heterocycles. The molecule has 6 nitrogen and oxygen atoms in total. The largest absolute Gasteiger partial charge is 0.350 e. The van der Waals surface area contributed by atoms with Crippen LogP contribution in [-0.4, -0.2) is 45.3 Å². The highest BCUT2D eigenvalue weighted by Gasteiger charge is 2.20. The van der Waals surface area contributed by atoms with Crippen molar-refractivity contribution in [3.05, 3.63) is 29.8 Å². The Labute approximate surface area is 138 Å². The van der Waals surface area contributed by atoms with Crippen molar-refractivity contribution < 1.29 is 13.2 Å². The van der Waals surface area contributed by atoms with Gasteiger partial charge in [-0.05, 0) is 44.0 Å². The molecule has 1 fully saturated rings. The second kappa shape index (κ2) is 7.42. The first-order valence-electron chi connectivity index (χ1n) is 7.86. The summed E-state index contributed by atoms with van der Waals surface area (Å²) in [6.07, 6.45) is 2.64. The first-order valence-corrected chi connectivity index (χ1v) is 9.30. The maximum Gasteiger partial charge on any atom is 0.242 e. The van der Waals surface area contributed by atoms with Gasteiger partial charge in [-0.25, -0.2) is 12.7 Å². The van der Waals surface area contributed by atoms with Crippen molar-refractivity contribution >= 4 is 15.9 Å². The van der Waals surface area contributed by atoms with Gasteiger partial charge in [0.1, 0.15) is 0 Å². The van der Waals surface area contributed by atoms with Crippen molar-refractivity contribution in [1.82, 2.24) is 14.9 Å². The SMILES string of the molecule is CC(NC(=O)CC1CCCN1)c1ccc(S(=O)(=O)N(C)C)cc1. The number of sulfonamides is 1. The third-order valence-corrected chi connectivity index (χ3v) is 5.96. The molecule has 0 radical (unpaired) electrons. The summed E-state index contributed by atoms with van der Waals surface area (Å²) in [6.45, 7) is 2.88. The molecular weight excluding hydrogens is 314 g/mol. The lowest BCUT2D eigenvalue weighted by molar-refractivity contribution is -0.122. The summed E-state index contributed by atoms with van der Waals surface area (Å²) in [5, 5.41) is 6.27. The van der Waals surface area contributed by atoms with Crippen LogP contribution in [0, 0.1) is 0 Å². The molecule has 1 aliphatic heterocycles. The Kier molecular flexibility index (Phi) is 5.78. The highest BCUT2D eigenvalue weighted by molar-refractivity contribution is 7.89. The highest BCUT2D eigenvalue weighted by Crippen LogP contribution is 2.18. The van der Waals surface area contributed by atoms with Gasteiger partial charge in [-0.2, -0.15) is 0 Å². The molecule has 1 aliphatic rings. The smallest absolute Gasteiger partial charge is 0.242 e. The van der Waals surface area contributed by atoms with Crippen molar-refractivity contribution in [2.45, 2.75) is 43.2 Å². The number of benzene rings is 1. The minimum absolute atomic E-state index is 0.0156. The first-order chi connectivity index (χ1) is 10.8. The summed E-state index contributed by atoms with van der Waals surface area (Å²) in [5.41, 5.74) is 0.885. The molecule has 0 aliphatic carbocycles. The van der Waals surface area contributed by atoms with Crippen molar-refractivity contribution in [1.29, 1.82) is 0 Å². The van der Waals surface area contributed by atoms with E-state index in [1.807, 2.05) is 6.92 Å². The van der Waals surface area contributed by atoms with Crippen LogP contribution in [0.2, 0.25) is 0 Å². The Morgan fingerprint density at radius 2 is 2.00 bits per heavy atom. The lowest BCUT2D eigenvalue weighted by atomic mass is 10.1. The number of carbonyl (C=O) groups excluding carboxylic acids is 1. The molecule has 1 aromatic rings. The van der Waals surface area contributed by atoms with Crippen LogP contribution in [0.5, 0.6) is 0 Å². The van der Waals surface area contributed by atoms with E-state index in [2.05, 4.69) is 10.6 Å². The van der Waals surface area contributed by atoms with Crippen LogP contribution in [0.25, 0.3) is 0 Å². The van der Waals surface area contributed by atoms with Gasteiger partial charge in [0.15, 0.2) is 0 Å². The van der Waals surface area contributed by atoms with E-state index in [-0.39, 0.29) is 22.9 Å². The zero-order valence-corrected chi connectivity index (χ0v) is 14.7. The van der Waals surface area contributed by atoms with Crippen molar-refractivity contribution in [2.75, 3.05) is 20.6 Å². The average molecular weight is 339 g/mol. The summed E-state index contributed by atoms with van der Waals surface area (Å²) in [7, 11) is -0.414. The molecule has 2 N–H and O–H groups in total. The summed E-state index contributed by atoms with van der Waals surface area (Å²) in [5.74, 6) is 0.0156. The number of nitrogens with zero attached hydrogens (tertiary/aromatic N) is 1. The molecule has 23 heavy (non-hydrogen) atoms. The van der Waals surface area contributed by atoms with Crippen LogP contribution in [0.3, 0.4) is 0 Å². The Morgan fingerprint density at radius 3 is 2.52 bits per heavy atom. The monoisotopic (exact) mass is 339 g/mol. The van der Waals surface area contributed by atoms with Gasteiger partial charge in [-0.1, -0.05) is 12.1 Å². The van der Waals surface area contributed by atoms with Crippen LogP contribution < -0.4 is 10.6 Å². The van der Waals surface area contributed by atoms with Gasteiger partial charge in [-0.15, -0.1) is 0 Å². The lowest BCUT2D eigenvalue weighted by Crippen LogP contribution is -2.33. The van der Waals surface area contributed by atoms with Crippen LogP contribution in [0.4, 0.5) is 0 Å². The van der Waals surface area contributed by atoms with E-state index in [0.717, 1.165) is 24.9 Å². The number of rotatable bonds is 6. The minimum Gasteiger partial charge on any atom is -0.350 e. The summed E-state index contributed by atoms with van der Waals surface area (Å²) in [4.78, 5) is 12.3. The average Bonchev–Trinajstić information content (AvgIpc) is 2.99. The van der Waals surface area contributed by atoms with E-state index in [1.165, 1.54) is 18.4 Å². The van der Waals surface area contributed by atoms with Gasteiger partial charge in [-0.3, -0.25) is 4.79 Å². The van der Waals surface area contributed by atoms with E-state index >= 15 is 0 Å². The maximum absolute atomic E-state index is 12.0. The second-order valence-corrected chi connectivity index (χ2v) is 8.29. The quantitative estimate of drug-likeness (QED) is 0.818. The molecule has 2 rings (SSSR count). The first kappa shape index (κ1) is 17.9.